The van der Waals surface area contributed by atoms with E-state index in [4.69, 9.17) is 5.11 Å². The Bertz CT molecular complexity index is 279. The van der Waals surface area contributed by atoms with Crippen molar-refractivity contribution in [3.05, 3.63) is 0 Å². The molecule has 0 saturated heterocycles. The van der Waals surface area contributed by atoms with Crippen molar-refractivity contribution < 1.29 is 36.6 Å². The van der Waals surface area contributed by atoms with Crippen molar-refractivity contribution in [3.8, 4) is 0 Å². The molecule has 1 atom stereocenters. The van der Waals surface area contributed by atoms with Gasteiger partial charge in [0.1, 0.15) is 0 Å². The van der Waals surface area contributed by atoms with Crippen molar-refractivity contribution in [1.29, 1.82) is 0 Å². The number of carboxylic acids is 1. The second kappa shape index (κ2) is 5.78. The molecule has 0 aliphatic rings. The Hall–Kier alpha value is -1.41. The number of halogens is 5. The van der Waals surface area contributed by atoms with Crippen LogP contribution in [0.3, 0.4) is 0 Å². The van der Waals surface area contributed by atoms with Crippen LogP contribution >= 0.6 is 0 Å². The van der Waals surface area contributed by atoms with Gasteiger partial charge in [-0.15, -0.1) is 0 Å². The molecule has 9 heteroatoms. The zero-order valence-electron chi connectivity index (χ0n) is 8.43. The Kier molecular flexibility index (Phi) is 5.30. The Morgan fingerprint density at radius 1 is 1.29 bits per heavy atom. The smallest absolute Gasteiger partial charge is 0.453 e. The maximum Gasteiger partial charge on any atom is 0.453 e. The minimum absolute atomic E-state index is 0.0427. The minimum Gasteiger partial charge on any atom is -0.481 e. The fourth-order valence-electron chi connectivity index (χ4n) is 1.06. The van der Waals surface area contributed by atoms with Gasteiger partial charge in [0.25, 0.3) is 0 Å². The van der Waals surface area contributed by atoms with Gasteiger partial charge in [0.2, 0.25) is 6.41 Å². The van der Waals surface area contributed by atoms with Crippen molar-refractivity contribution in [3.63, 3.8) is 0 Å². The van der Waals surface area contributed by atoms with E-state index >= 15 is 0 Å². The monoisotopic (exact) mass is 263 g/mol. The molecule has 0 heterocycles. The van der Waals surface area contributed by atoms with E-state index in [0.29, 0.717) is 0 Å². The van der Waals surface area contributed by atoms with Gasteiger partial charge in [0.15, 0.2) is 0 Å². The molecule has 0 aromatic carbocycles. The van der Waals surface area contributed by atoms with E-state index in [9.17, 15) is 31.5 Å². The van der Waals surface area contributed by atoms with E-state index < -0.39 is 43.4 Å². The van der Waals surface area contributed by atoms with Crippen LogP contribution in [-0.2, 0) is 9.59 Å². The molecule has 1 amide bonds. The van der Waals surface area contributed by atoms with Gasteiger partial charge in [-0.1, -0.05) is 0 Å². The Morgan fingerprint density at radius 2 is 1.82 bits per heavy atom. The molecule has 100 valence electrons. The lowest BCUT2D eigenvalue weighted by Gasteiger charge is -2.24. The Labute approximate surface area is 92.8 Å². The quantitative estimate of drug-likeness (QED) is 0.541. The number of carboxylic acid groups (broad SMARTS) is 1. The van der Waals surface area contributed by atoms with Gasteiger partial charge in [0, 0.05) is 18.9 Å². The molecule has 0 aromatic rings. The highest BCUT2D eigenvalue weighted by molar-refractivity contribution is 5.66. The molecule has 0 aliphatic carbocycles. The average molecular weight is 263 g/mol. The number of carbonyl (C=O) groups excluding carboxylic acids is 1. The third kappa shape index (κ3) is 5.45. The van der Waals surface area contributed by atoms with Crippen molar-refractivity contribution in [2.45, 2.75) is 37.4 Å². The van der Waals surface area contributed by atoms with Crippen molar-refractivity contribution in [2.24, 2.45) is 0 Å². The number of hydrogen-bond acceptors (Lipinski definition) is 2. The van der Waals surface area contributed by atoms with Crippen molar-refractivity contribution in [2.75, 3.05) is 0 Å². The Balaban J connectivity index is 4.52. The summed E-state index contributed by atoms with van der Waals surface area (Å²) in [7, 11) is 0. The first-order chi connectivity index (χ1) is 7.60. The standard InChI is InChI=1S/C8H10F5NO3/c9-7(10,8(11,12)13)3-5(14-4-15)1-2-6(16)17/h4-5H,1-3H2,(H,14,15)(H,16,17). The van der Waals surface area contributed by atoms with Crippen LogP contribution in [0.5, 0.6) is 0 Å². The van der Waals surface area contributed by atoms with Gasteiger partial charge in [-0.25, -0.2) is 0 Å². The number of hydrogen-bond donors (Lipinski definition) is 2. The largest absolute Gasteiger partial charge is 0.481 e. The lowest BCUT2D eigenvalue weighted by Crippen LogP contribution is -2.43. The lowest BCUT2D eigenvalue weighted by atomic mass is 10.0. The molecule has 1 unspecified atom stereocenters. The summed E-state index contributed by atoms with van der Waals surface area (Å²) in [5.74, 6) is -6.32. The molecular formula is C8H10F5NO3. The second-order valence-corrected chi connectivity index (χ2v) is 3.32. The number of aliphatic carboxylic acids is 1. The minimum atomic E-state index is -5.72. The van der Waals surface area contributed by atoms with E-state index in [0.717, 1.165) is 0 Å². The normalized spacial score (nSPS) is 14.2. The van der Waals surface area contributed by atoms with Gasteiger partial charge in [0.05, 0.1) is 0 Å². The SMILES string of the molecule is O=CNC(CCC(=O)O)CC(F)(F)C(F)(F)F. The number of alkyl halides is 5. The van der Waals surface area contributed by atoms with E-state index in [2.05, 4.69) is 0 Å². The molecule has 0 aromatic heterocycles. The molecule has 17 heavy (non-hydrogen) atoms. The van der Waals surface area contributed by atoms with Crippen molar-refractivity contribution >= 4 is 12.4 Å². The number of carbonyl (C=O) groups is 2. The average Bonchev–Trinajstić information content (AvgIpc) is 2.12. The second-order valence-electron chi connectivity index (χ2n) is 3.32. The van der Waals surface area contributed by atoms with Gasteiger partial charge in [-0.3, -0.25) is 9.59 Å². The molecule has 0 radical (unpaired) electrons. The number of nitrogens with one attached hydrogen (secondary N) is 1. The summed E-state index contributed by atoms with van der Waals surface area (Å²) < 4.78 is 60.8. The van der Waals surface area contributed by atoms with E-state index in [1.807, 2.05) is 0 Å². The predicted molar refractivity (Wildman–Crippen MR) is 45.5 cm³/mol. The first-order valence-corrected chi connectivity index (χ1v) is 4.46. The van der Waals surface area contributed by atoms with Crippen LogP contribution in [0, 0.1) is 0 Å². The molecule has 0 aliphatic heterocycles. The summed E-state index contributed by atoms with van der Waals surface area (Å²) in [6.45, 7) is 0. The third-order valence-corrected chi connectivity index (χ3v) is 1.93. The molecular weight excluding hydrogens is 253 g/mol. The fraction of sp³-hybridized carbons (Fsp3) is 0.750. The van der Waals surface area contributed by atoms with Gasteiger partial charge in [-0.2, -0.15) is 22.0 Å². The predicted octanol–water partition coefficient (Wildman–Crippen LogP) is 1.55. The highest BCUT2D eigenvalue weighted by Gasteiger charge is 2.57. The topological polar surface area (TPSA) is 66.4 Å². The van der Waals surface area contributed by atoms with E-state index in [1.54, 1.807) is 5.32 Å². The molecule has 0 saturated carbocycles. The van der Waals surface area contributed by atoms with Crippen LogP contribution in [0.25, 0.3) is 0 Å². The zero-order valence-corrected chi connectivity index (χ0v) is 8.43. The van der Waals surface area contributed by atoms with Gasteiger partial charge >= 0.3 is 18.1 Å². The third-order valence-electron chi connectivity index (χ3n) is 1.93. The summed E-state index contributed by atoms with van der Waals surface area (Å²) in [5.41, 5.74) is 0. The van der Waals surface area contributed by atoms with Crippen LogP contribution in [0.2, 0.25) is 0 Å². The van der Waals surface area contributed by atoms with E-state index in [-0.39, 0.29) is 6.41 Å². The van der Waals surface area contributed by atoms with Crippen LogP contribution in [-0.4, -0.2) is 35.6 Å². The first-order valence-electron chi connectivity index (χ1n) is 4.46. The van der Waals surface area contributed by atoms with Crippen LogP contribution in [0.4, 0.5) is 22.0 Å². The van der Waals surface area contributed by atoms with Gasteiger partial charge < -0.3 is 10.4 Å². The van der Waals surface area contributed by atoms with Crippen LogP contribution < -0.4 is 5.32 Å². The van der Waals surface area contributed by atoms with Crippen LogP contribution in [0.15, 0.2) is 0 Å². The van der Waals surface area contributed by atoms with Crippen molar-refractivity contribution in [1.82, 2.24) is 5.32 Å². The summed E-state index contributed by atoms with van der Waals surface area (Å²) >= 11 is 0. The zero-order chi connectivity index (χ0) is 13.7. The summed E-state index contributed by atoms with van der Waals surface area (Å²) in [4.78, 5) is 20.2. The molecule has 2 N–H and O–H groups in total. The first kappa shape index (κ1) is 15.6. The van der Waals surface area contributed by atoms with Crippen LogP contribution in [0.1, 0.15) is 19.3 Å². The highest BCUT2D eigenvalue weighted by Crippen LogP contribution is 2.39. The molecule has 4 nitrogen and oxygen atoms in total. The highest BCUT2D eigenvalue weighted by atomic mass is 19.4. The molecule has 0 bridgehead atoms. The summed E-state index contributed by atoms with van der Waals surface area (Å²) in [6.07, 6.45) is -8.56. The summed E-state index contributed by atoms with van der Waals surface area (Å²) in [6, 6.07) is -1.54. The maximum atomic E-state index is 12.6. The molecule has 0 fully saturated rings. The maximum absolute atomic E-state index is 12.6. The lowest BCUT2D eigenvalue weighted by molar-refractivity contribution is -0.286. The van der Waals surface area contributed by atoms with E-state index in [1.165, 1.54) is 0 Å². The number of rotatable bonds is 7. The molecule has 0 spiro atoms. The Morgan fingerprint density at radius 3 is 2.18 bits per heavy atom. The summed E-state index contributed by atoms with van der Waals surface area (Å²) in [5, 5.41) is 10.0. The number of amides is 1. The van der Waals surface area contributed by atoms with Gasteiger partial charge in [-0.05, 0) is 6.42 Å². The fourth-order valence-corrected chi connectivity index (χ4v) is 1.06. The molecule has 0 rings (SSSR count).